The molecule has 0 radical (unpaired) electrons. The number of benzene rings is 1. The van der Waals surface area contributed by atoms with Crippen LogP contribution in [0.15, 0.2) is 18.2 Å². The number of hydrogen-bond acceptors (Lipinski definition) is 4. The van der Waals surface area contributed by atoms with Crippen LogP contribution in [0.25, 0.3) is 0 Å². The largest absolute Gasteiger partial charge is 0.480 e. The number of aromatic nitrogens is 3. The summed E-state index contributed by atoms with van der Waals surface area (Å²) in [6, 6.07) is 5.41. The standard InChI is InChI=1S/C15H15ClN4O2/c16-10-3-4-11-9(6-10)7-12(22-11)15(21)17-8-14-19-18-13-2-1-5-20(13)14/h3-4,6,12H,1-2,5,7-8H2,(H,17,21)/t12-/m0/s1. The number of nitrogens with one attached hydrogen (secondary N) is 1. The minimum atomic E-state index is -0.505. The summed E-state index contributed by atoms with van der Waals surface area (Å²) in [6.45, 7) is 1.31. The van der Waals surface area contributed by atoms with E-state index in [1.807, 2.05) is 6.07 Å². The molecule has 1 N–H and O–H groups in total. The molecule has 0 bridgehead atoms. The second-order valence-electron chi connectivity index (χ2n) is 5.57. The Bertz CT molecular complexity index is 743. The summed E-state index contributed by atoms with van der Waals surface area (Å²) < 4.78 is 7.75. The van der Waals surface area contributed by atoms with Crippen LogP contribution in [-0.4, -0.2) is 26.8 Å². The lowest BCUT2D eigenvalue weighted by atomic mass is 10.1. The molecule has 1 aromatic carbocycles. The highest BCUT2D eigenvalue weighted by atomic mass is 35.5. The minimum Gasteiger partial charge on any atom is -0.480 e. The van der Waals surface area contributed by atoms with E-state index in [9.17, 15) is 4.79 Å². The van der Waals surface area contributed by atoms with Crippen molar-refractivity contribution in [2.45, 2.75) is 38.5 Å². The lowest BCUT2D eigenvalue weighted by Gasteiger charge is -2.11. The minimum absolute atomic E-state index is 0.136. The fraction of sp³-hybridized carbons (Fsp3) is 0.400. The average Bonchev–Trinajstić information content (AvgIpc) is 3.19. The summed E-state index contributed by atoms with van der Waals surface area (Å²) in [5.41, 5.74) is 0.969. The van der Waals surface area contributed by atoms with E-state index in [1.165, 1.54) is 0 Å². The fourth-order valence-corrected chi connectivity index (χ4v) is 3.18. The Morgan fingerprint density at radius 1 is 1.45 bits per heavy atom. The van der Waals surface area contributed by atoms with Gasteiger partial charge in [-0.15, -0.1) is 10.2 Å². The van der Waals surface area contributed by atoms with Crippen LogP contribution in [-0.2, 0) is 30.7 Å². The van der Waals surface area contributed by atoms with Gasteiger partial charge in [-0.25, -0.2) is 0 Å². The number of carbonyl (C=O) groups excluding carboxylic acids is 1. The number of nitrogens with zero attached hydrogens (tertiary/aromatic N) is 3. The molecule has 0 saturated carbocycles. The first-order chi connectivity index (χ1) is 10.7. The Kier molecular flexibility index (Phi) is 3.26. The molecular weight excluding hydrogens is 304 g/mol. The lowest BCUT2D eigenvalue weighted by molar-refractivity contribution is -0.127. The maximum atomic E-state index is 12.3. The zero-order valence-electron chi connectivity index (χ0n) is 11.9. The zero-order chi connectivity index (χ0) is 15.1. The molecule has 3 heterocycles. The van der Waals surface area contributed by atoms with Gasteiger partial charge >= 0.3 is 0 Å². The van der Waals surface area contributed by atoms with Crippen molar-refractivity contribution in [3.63, 3.8) is 0 Å². The van der Waals surface area contributed by atoms with E-state index in [1.54, 1.807) is 12.1 Å². The van der Waals surface area contributed by atoms with Crippen molar-refractivity contribution in [3.05, 3.63) is 40.4 Å². The molecule has 1 amide bonds. The van der Waals surface area contributed by atoms with Crippen LogP contribution in [0, 0.1) is 0 Å². The maximum absolute atomic E-state index is 12.3. The highest BCUT2D eigenvalue weighted by molar-refractivity contribution is 6.30. The third-order valence-electron chi connectivity index (χ3n) is 4.10. The average molecular weight is 319 g/mol. The number of fused-ring (bicyclic) bond motifs is 2. The van der Waals surface area contributed by atoms with Gasteiger partial charge in [0.1, 0.15) is 11.6 Å². The van der Waals surface area contributed by atoms with Gasteiger partial charge in [0.2, 0.25) is 0 Å². The summed E-state index contributed by atoms with van der Waals surface area (Å²) >= 11 is 5.96. The predicted molar refractivity (Wildman–Crippen MR) is 79.8 cm³/mol. The SMILES string of the molecule is O=C(NCc1nnc2n1CCC2)[C@@H]1Cc2cc(Cl)ccc2O1. The molecular formula is C15H15ClN4O2. The molecule has 0 fully saturated rings. The second kappa shape index (κ2) is 5.28. The van der Waals surface area contributed by atoms with E-state index < -0.39 is 6.10 Å². The second-order valence-corrected chi connectivity index (χ2v) is 6.00. The van der Waals surface area contributed by atoms with Crippen LogP contribution in [0.4, 0.5) is 0 Å². The van der Waals surface area contributed by atoms with Gasteiger partial charge in [-0.3, -0.25) is 4.79 Å². The van der Waals surface area contributed by atoms with Crippen LogP contribution in [0.3, 0.4) is 0 Å². The normalized spacial score (nSPS) is 18.7. The van der Waals surface area contributed by atoms with Crippen LogP contribution in [0.5, 0.6) is 5.75 Å². The van der Waals surface area contributed by atoms with Crippen molar-refractivity contribution in [1.82, 2.24) is 20.1 Å². The zero-order valence-corrected chi connectivity index (χ0v) is 12.6. The van der Waals surface area contributed by atoms with Crippen LogP contribution < -0.4 is 10.1 Å². The Labute approximate surface area is 132 Å². The quantitative estimate of drug-likeness (QED) is 0.931. The van der Waals surface area contributed by atoms with Gasteiger partial charge in [0.15, 0.2) is 11.9 Å². The van der Waals surface area contributed by atoms with Gasteiger partial charge in [-0.05, 0) is 30.2 Å². The number of halogens is 1. The van der Waals surface area contributed by atoms with Crippen molar-refractivity contribution in [1.29, 1.82) is 0 Å². The molecule has 0 spiro atoms. The third-order valence-corrected chi connectivity index (χ3v) is 4.33. The van der Waals surface area contributed by atoms with Gasteiger partial charge in [0.05, 0.1) is 6.54 Å². The maximum Gasteiger partial charge on any atom is 0.261 e. The fourth-order valence-electron chi connectivity index (χ4n) is 2.98. The van der Waals surface area contributed by atoms with E-state index >= 15 is 0 Å². The van der Waals surface area contributed by atoms with Crippen LogP contribution in [0.1, 0.15) is 23.6 Å². The predicted octanol–water partition coefficient (Wildman–Crippen LogP) is 1.50. The topological polar surface area (TPSA) is 69.0 Å². The molecule has 114 valence electrons. The smallest absolute Gasteiger partial charge is 0.261 e. The third kappa shape index (κ3) is 2.33. The van der Waals surface area contributed by atoms with E-state index in [-0.39, 0.29) is 5.91 Å². The van der Waals surface area contributed by atoms with E-state index in [0.717, 1.165) is 42.3 Å². The van der Waals surface area contributed by atoms with Crippen LogP contribution >= 0.6 is 11.6 Å². The number of aryl methyl sites for hydroxylation is 1. The number of amides is 1. The first kappa shape index (κ1) is 13.6. The van der Waals surface area contributed by atoms with Crippen LogP contribution in [0.2, 0.25) is 5.02 Å². The summed E-state index contributed by atoms with van der Waals surface area (Å²) in [7, 11) is 0. The molecule has 2 aromatic rings. The molecule has 22 heavy (non-hydrogen) atoms. The summed E-state index contributed by atoms with van der Waals surface area (Å²) in [5, 5.41) is 11.8. The first-order valence-corrected chi connectivity index (χ1v) is 7.72. The number of ether oxygens (including phenoxy) is 1. The molecule has 6 nitrogen and oxygen atoms in total. The van der Waals surface area contributed by atoms with Crippen molar-refractivity contribution in [3.8, 4) is 5.75 Å². The molecule has 2 aliphatic rings. The van der Waals surface area contributed by atoms with E-state index in [0.29, 0.717) is 18.0 Å². The molecule has 0 aliphatic carbocycles. The molecule has 0 saturated heterocycles. The van der Waals surface area contributed by atoms with Gasteiger partial charge in [0, 0.05) is 24.4 Å². The monoisotopic (exact) mass is 318 g/mol. The Balaban J connectivity index is 1.39. The van der Waals surface area contributed by atoms with Crippen molar-refractivity contribution in [2.75, 3.05) is 0 Å². The Hall–Kier alpha value is -2.08. The first-order valence-electron chi connectivity index (χ1n) is 7.34. The number of carbonyl (C=O) groups is 1. The molecule has 0 unspecified atom stereocenters. The van der Waals surface area contributed by atoms with E-state index in [2.05, 4.69) is 20.1 Å². The molecule has 1 aromatic heterocycles. The van der Waals surface area contributed by atoms with Gasteiger partial charge in [-0.2, -0.15) is 0 Å². The summed E-state index contributed by atoms with van der Waals surface area (Å²) in [5.74, 6) is 2.40. The van der Waals surface area contributed by atoms with Crippen molar-refractivity contribution in [2.24, 2.45) is 0 Å². The van der Waals surface area contributed by atoms with Crippen molar-refractivity contribution >= 4 is 17.5 Å². The van der Waals surface area contributed by atoms with E-state index in [4.69, 9.17) is 16.3 Å². The van der Waals surface area contributed by atoms with Gasteiger partial charge in [0.25, 0.3) is 5.91 Å². The Morgan fingerprint density at radius 3 is 3.27 bits per heavy atom. The molecule has 7 heteroatoms. The number of rotatable bonds is 3. The van der Waals surface area contributed by atoms with Crippen molar-refractivity contribution < 1.29 is 9.53 Å². The van der Waals surface area contributed by atoms with Gasteiger partial charge < -0.3 is 14.6 Å². The summed E-state index contributed by atoms with van der Waals surface area (Å²) in [4.78, 5) is 12.3. The molecule has 1 atom stereocenters. The van der Waals surface area contributed by atoms with Gasteiger partial charge in [-0.1, -0.05) is 11.6 Å². The number of hydrogen-bond donors (Lipinski definition) is 1. The highest BCUT2D eigenvalue weighted by Crippen LogP contribution is 2.31. The highest BCUT2D eigenvalue weighted by Gasteiger charge is 2.29. The summed E-state index contributed by atoms with van der Waals surface area (Å²) in [6.07, 6.45) is 2.09. The molecule has 4 rings (SSSR count). The Morgan fingerprint density at radius 2 is 2.36 bits per heavy atom. The molecule has 2 aliphatic heterocycles. The lowest BCUT2D eigenvalue weighted by Crippen LogP contribution is -2.37.